The molecule has 4 rings (SSSR count). The van der Waals surface area contributed by atoms with Crippen LogP contribution in [0.5, 0.6) is 5.75 Å². The van der Waals surface area contributed by atoms with E-state index in [9.17, 15) is 9.59 Å². The topological polar surface area (TPSA) is 71.8 Å². The number of hydrogen-bond acceptors (Lipinski definition) is 4. The second kappa shape index (κ2) is 8.31. The Kier molecular flexibility index (Phi) is 5.60. The number of furan rings is 1. The Morgan fingerprint density at radius 2 is 1.90 bits per heavy atom. The Labute approximate surface area is 171 Å². The van der Waals surface area contributed by atoms with Crippen LogP contribution in [0.2, 0.25) is 0 Å². The number of amides is 2. The van der Waals surface area contributed by atoms with Gasteiger partial charge in [-0.2, -0.15) is 0 Å². The van der Waals surface area contributed by atoms with Crippen LogP contribution >= 0.6 is 0 Å². The van der Waals surface area contributed by atoms with Crippen molar-refractivity contribution in [2.75, 3.05) is 20.2 Å². The van der Waals surface area contributed by atoms with E-state index in [0.29, 0.717) is 18.8 Å². The van der Waals surface area contributed by atoms with Crippen molar-refractivity contribution in [2.45, 2.75) is 50.0 Å². The lowest BCUT2D eigenvalue weighted by Gasteiger charge is -2.36. The molecule has 2 amide bonds. The molecular weight excluding hydrogens is 368 g/mol. The molecule has 6 nitrogen and oxygen atoms in total. The fourth-order valence-corrected chi connectivity index (χ4v) is 4.69. The third-order valence-corrected chi connectivity index (χ3v) is 6.31. The Morgan fingerprint density at radius 1 is 1.14 bits per heavy atom. The van der Waals surface area contributed by atoms with Crippen LogP contribution < -0.4 is 10.1 Å². The standard InChI is InChI=1S/C23H28N2O4/c1-28-19-10-8-17(9-11-19)23(12-2-3-13-23)22(27)24-18-6-4-14-25(16-18)21(26)20-7-5-15-29-20/h5,7-11,15,18H,2-4,6,12-14,16H2,1H3,(H,24,27). The minimum absolute atomic E-state index is 0.0362. The molecular formula is C23H28N2O4. The number of ether oxygens (including phenoxy) is 1. The normalized spacial score (nSPS) is 21.0. The minimum Gasteiger partial charge on any atom is -0.497 e. The van der Waals surface area contributed by atoms with Gasteiger partial charge in [-0.15, -0.1) is 0 Å². The summed E-state index contributed by atoms with van der Waals surface area (Å²) in [5, 5.41) is 3.26. The van der Waals surface area contributed by atoms with Gasteiger partial charge in [0.1, 0.15) is 5.75 Å². The van der Waals surface area contributed by atoms with E-state index in [-0.39, 0.29) is 17.9 Å². The van der Waals surface area contributed by atoms with E-state index < -0.39 is 5.41 Å². The first-order valence-corrected chi connectivity index (χ1v) is 10.4. The predicted molar refractivity (Wildman–Crippen MR) is 109 cm³/mol. The van der Waals surface area contributed by atoms with Gasteiger partial charge in [-0.3, -0.25) is 9.59 Å². The SMILES string of the molecule is COc1ccc(C2(C(=O)NC3CCCN(C(=O)c4ccco4)C3)CCCC2)cc1. The van der Waals surface area contributed by atoms with Gasteiger partial charge in [0.25, 0.3) is 5.91 Å². The molecule has 29 heavy (non-hydrogen) atoms. The van der Waals surface area contributed by atoms with E-state index >= 15 is 0 Å². The molecule has 1 aliphatic heterocycles. The van der Waals surface area contributed by atoms with Crippen molar-refractivity contribution in [3.8, 4) is 5.75 Å². The number of carbonyl (C=O) groups is 2. The second-order valence-corrected chi connectivity index (χ2v) is 8.06. The molecule has 1 aromatic heterocycles. The smallest absolute Gasteiger partial charge is 0.289 e. The molecule has 6 heteroatoms. The average Bonchev–Trinajstić information content (AvgIpc) is 3.46. The van der Waals surface area contributed by atoms with Gasteiger partial charge in [0.15, 0.2) is 5.76 Å². The van der Waals surface area contributed by atoms with Crippen LogP contribution in [-0.4, -0.2) is 43.0 Å². The number of likely N-dealkylation sites (tertiary alicyclic amines) is 1. The van der Waals surface area contributed by atoms with E-state index in [4.69, 9.17) is 9.15 Å². The first-order chi connectivity index (χ1) is 14.1. The van der Waals surface area contributed by atoms with E-state index in [0.717, 1.165) is 49.8 Å². The molecule has 2 heterocycles. The quantitative estimate of drug-likeness (QED) is 0.839. The van der Waals surface area contributed by atoms with Crippen molar-refractivity contribution in [2.24, 2.45) is 0 Å². The number of benzene rings is 1. The van der Waals surface area contributed by atoms with E-state index in [2.05, 4.69) is 5.32 Å². The summed E-state index contributed by atoms with van der Waals surface area (Å²) in [6.45, 7) is 1.21. The van der Waals surface area contributed by atoms with Gasteiger partial charge >= 0.3 is 0 Å². The Morgan fingerprint density at radius 3 is 2.55 bits per heavy atom. The third kappa shape index (κ3) is 3.88. The molecule has 1 aromatic carbocycles. The average molecular weight is 396 g/mol. The first-order valence-electron chi connectivity index (χ1n) is 10.4. The number of nitrogens with one attached hydrogen (secondary N) is 1. The zero-order valence-corrected chi connectivity index (χ0v) is 16.9. The Hall–Kier alpha value is -2.76. The summed E-state index contributed by atoms with van der Waals surface area (Å²) < 4.78 is 10.5. The van der Waals surface area contributed by atoms with Gasteiger partial charge in [-0.1, -0.05) is 25.0 Å². The lowest BCUT2D eigenvalue weighted by molar-refractivity contribution is -0.127. The maximum atomic E-state index is 13.4. The molecule has 0 bridgehead atoms. The maximum Gasteiger partial charge on any atom is 0.289 e. The highest BCUT2D eigenvalue weighted by atomic mass is 16.5. The summed E-state index contributed by atoms with van der Waals surface area (Å²) in [5.74, 6) is 1.11. The fraction of sp³-hybridized carbons (Fsp3) is 0.478. The molecule has 1 N–H and O–H groups in total. The predicted octanol–water partition coefficient (Wildman–Crippen LogP) is 3.52. The summed E-state index contributed by atoms with van der Waals surface area (Å²) in [5.41, 5.74) is 0.562. The monoisotopic (exact) mass is 396 g/mol. The van der Waals surface area contributed by atoms with Gasteiger partial charge in [-0.05, 0) is 55.5 Å². The number of piperidine rings is 1. The number of hydrogen-bond donors (Lipinski definition) is 1. The van der Waals surface area contributed by atoms with Gasteiger partial charge in [0.2, 0.25) is 5.91 Å². The number of methoxy groups -OCH3 is 1. The Balaban J connectivity index is 1.47. The summed E-state index contributed by atoms with van der Waals surface area (Å²) in [7, 11) is 1.64. The first kappa shape index (κ1) is 19.6. The Bertz CT molecular complexity index is 838. The van der Waals surface area contributed by atoms with Gasteiger partial charge in [0.05, 0.1) is 18.8 Å². The zero-order valence-electron chi connectivity index (χ0n) is 16.9. The summed E-state index contributed by atoms with van der Waals surface area (Å²) in [6.07, 6.45) is 7.06. The highest BCUT2D eigenvalue weighted by molar-refractivity contribution is 5.92. The van der Waals surface area contributed by atoms with Crippen LogP contribution in [0.4, 0.5) is 0 Å². The van der Waals surface area contributed by atoms with Crippen LogP contribution in [0.1, 0.15) is 54.6 Å². The van der Waals surface area contributed by atoms with E-state index in [1.165, 1.54) is 6.26 Å². The third-order valence-electron chi connectivity index (χ3n) is 6.31. The molecule has 1 saturated heterocycles. The fourth-order valence-electron chi connectivity index (χ4n) is 4.69. The van der Waals surface area contributed by atoms with Crippen molar-refractivity contribution in [3.05, 3.63) is 54.0 Å². The molecule has 2 aromatic rings. The van der Waals surface area contributed by atoms with Crippen molar-refractivity contribution < 1.29 is 18.7 Å². The molecule has 1 unspecified atom stereocenters. The highest BCUT2D eigenvalue weighted by Crippen LogP contribution is 2.42. The molecule has 0 radical (unpaired) electrons. The lowest BCUT2D eigenvalue weighted by atomic mass is 9.77. The van der Waals surface area contributed by atoms with Crippen LogP contribution in [0.25, 0.3) is 0 Å². The summed E-state index contributed by atoms with van der Waals surface area (Å²) >= 11 is 0. The van der Waals surface area contributed by atoms with Gasteiger partial charge in [-0.25, -0.2) is 0 Å². The molecule has 1 aliphatic carbocycles. The molecule has 1 atom stereocenters. The zero-order chi connectivity index (χ0) is 20.3. The maximum absolute atomic E-state index is 13.4. The molecule has 1 saturated carbocycles. The van der Waals surface area contributed by atoms with Crippen LogP contribution in [0.15, 0.2) is 47.1 Å². The lowest BCUT2D eigenvalue weighted by Crippen LogP contribution is -2.53. The molecule has 2 aliphatic rings. The van der Waals surface area contributed by atoms with Gasteiger partial charge < -0.3 is 19.4 Å². The van der Waals surface area contributed by atoms with Crippen molar-refractivity contribution in [1.29, 1.82) is 0 Å². The molecule has 154 valence electrons. The number of rotatable bonds is 5. The van der Waals surface area contributed by atoms with E-state index in [1.54, 1.807) is 24.1 Å². The van der Waals surface area contributed by atoms with Crippen molar-refractivity contribution >= 4 is 11.8 Å². The van der Waals surface area contributed by atoms with Gasteiger partial charge in [0, 0.05) is 19.1 Å². The second-order valence-electron chi connectivity index (χ2n) is 8.06. The highest BCUT2D eigenvalue weighted by Gasteiger charge is 2.43. The molecule has 2 fully saturated rings. The minimum atomic E-state index is -0.487. The molecule has 0 spiro atoms. The van der Waals surface area contributed by atoms with E-state index in [1.807, 2.05) is 24.3 Å². The van der Waals surface area contributed by atoms with Crippen LogP contribution in [-0.2, 0) is 10.2 Å². The van der Waals surface area contributed by atoms with Crippen LogP contribution in [0.3, 0.4) is 0 Å². The summed E-state index contributed by atoms with van der Waals surface area (Å²) in [4.78, 5) is 27.8. The van der Waals surface area contributed by atoms with Crippen molar-refractivity contribution in [1.82, 2.24) is 10.2 Å². The number of nitrogens with zero attached hydrogens (tertiary/aromatic N) is 1. The largest absolute Gasteiger partial charge is 0.497 e. The number of carbonyl (C=O) groups excluding carboxylic acids is 2. The summed E-state index contributed by atoms with van der Waals surface area (Å²) in [6, 6.07) is 11.2. The van der Waals surface area contributed by atoms with Crippen molar-refractivity contribution in [3.63, 3.8) is 0 Å². The van der Waals surface area contributed by atoms with Crippen LogP contribution in [0, 0.1) is 0 Å².